The van der Waals surface area contributed by atoms with Crippen molar-refractivity contribution in [3.05, 3.63) is 46.2 Å². The SMILES string of the molecule is Cc1cc([N+](=O)[O-])cnc1NCc1cnc[nH]1. The van der Waals surface area contributed by atoms with Crippen LogP contribution in [0.5, 0.6) is 0 Å². The van der Waals surface area contributed by atoms with Crippen molar-refractivity contribution in [3.63, 3.8) is 0 Å². The number of hydrogen-bond donors (Lipinski definition) is 2. The van der Waals surface area contributed by atoms with Gasteiger partial charge < -0.3 is 10.3 Å². The number of nitrogens with one attached hydrogen (secondary N) is 2. The Morgan fingerprint density at radius 1 is 1.53 bits per heavy atom. The summed E-state index contributed by atoms with van der Waals surface area (Å²) >= 11 is 0. The molecule has 2 aromatic rings. The Kier molecular flexibility index (Phi) is 2.99. The molecule has 0 aliphatic rings. The third-order valence-corrected chi connectivity index (χ3v) is 2.28. The molecule has 17 heavy (non-hydrogen) atoms. The fraction of sp³-hybridized carbons (Fsp3) is 0.200. The van der Waals surface area contributed by atoms with Gasteiger partial charge in [0.2, 0.25) is 0 Å². The van der Waals surface area contributed by atoms with Crippen LogP contribution in [0, 0.1) is 17.0 Å². The number of hydrogen-bond acceptors (Lipinski definition) is 5. The van der Waals surface area contributed by atoms with E-state index in [2.05, 4.69) is 20.3 Å². The minimum absolute atomic E-state index is 0.00501. The molecule has 2 heterocycles. The lowest BCUT2D eigenvalue weighted by atomic mass is 10.2. The monoisotopic (exact) mass is 233 g/mol. The zero-order valence-electron chi connectivity index (χ0n) is 9.17. The van der Waals surface area contributed by atoms with Gasteiger partial charge in [-0.15, -0.1) is 0 Å². The van der Waals surface area contributed by atoms with Crippen LogP contribution in [-0.2, 0) is 6.54 Å². The van der Waals surface area contributed by atoms with E-state index in [1.165, 1.54) is 12.3 Å². The molecule has 0 unspecified atom stereocenters. The molecule has 2 N–H and O–H groups in total. The molecular weight excluding hydrogens is 222 g/mol. The minimum atomic E-state index is -0.460. The standard InChI is InChI=1S/C10H11N5O2/c1-7-2-9(15(16)17)5-13-10(7)12-4-8-3-11-6-14-8/h2-3,5-6H,4H2,1H3,(H,11,14)(H,12,13). The van der Waals surface area contributed by atoms with Crippen LogP contribution in [-0.4, -0.2) is 19.9 Å². The van der Waals surface area contributed by atoms with Crippen molar-refractivity contribution in [1.82, 2.24) is 15.0 Å². The minimum Gasteiger partial charge on any atom is -0.364 e. The molecule has 0 saturated heterocycles. The Balaban J connectivity index is 2.09. The van der Waals surface area contributed by atoms with Crippen LogP contribution in [0.4, 0.5) is 11.5 Å². The van der Waals surface area contributed by atoms with Gasteiger partial charge >= 0.3 is 0 Å². The summed E-state index contributed by atoms with van der Waals surface area (Å²) in [7, 11) is 0. The summed E-state index contributed by atoms with van der Waals surface area (Å²) in [5.74, 6) is 0.630. The number of nitrogens with zero attached hydrogens (tertiary/aromatic N) is 3. The summed E-state index contributed by atoms with van der Waals surface area (Å²) in [6.45, 7) is 2.32. The normalized spacial score (nSPS) is 10.2. The Morgan fingerprint density at radius 3 is 2.94 bits per heavy atom. The number of aromatic amines is 1. The number of aryl methyl sites for hydroxylation is 1. The van der Waals surface area contributed by atoms with Gasteiger partial charge in [-0.25, -0.2) is 9.97 Å². The summed E-state index contributed by atoms with van der Waals surface area (Å²) in [4.78, 5) is 20.9. The van der Waals surface area contributed by atoms with E-state index in [1.807, 2.05) is 0 Å². The predicted octanol–water partition coefficient (Wildman–Crippen LogP) is 1.63. The van der Waals surface area contributed by atoms with Gasteiger partial charge in [0.1, 0.15) is 12.0 Å². The molecule has 0 atom stereocenters. The highest BCUT2D eigenvalue weighted by atomic mass is 16.6. The first-order chi connectivity index (χ1) is 8.16. The van der Waals surface area contributed by atoms with Gasteiger partial charge in [-0.2, -0.15) is 0 Å². The Morgan fingerprint density at radius 2 is 2.35 bits per heavy atom. The second kappa shape index (κ2) is 4.60. The van der Waals surface area contributed by atoms with E-state index in [9.17, 15) is 10.1 Å². The summed E-state index contributed by atoms with van der Waals surface area (Å²) in [6.07, 6.45) is 4.53. The highest BCUT2D eigenvalue weighted by molar-refractivity contribution is 5.48. The second-order valence-electron chi connectivity index (χ2n) is 3.55. The topological polar surface area (TPSA) is 96.7 Å². The van der Waals surface area contributed by atoms with Gasteiger partial charge in [0, 0.05) is 12.3 Å². The maximum absolute atomic E-state index is 10.5. The van der Waals surface area contributed by atoms with Crippen LogP contribution < -0.4 is 5.32 Å². The second-order valence-corrected chi connectivity index (χ2v) is 3.55. The molecule has 7 heteroatoms. The third kappa shape index (κ3) is 2.57. The molecule has 0 fully saturated rings. The van der Waals surface area contributed by atoms with E-state index in [0.717, 1.165) is 11.3 Å². The summed E-state index contributed by atoms with van der Waals surface area (Å²) < 4.78 is 0. The van der Waals surface area contributed by atoms with E-state index in [1.54, 1.807) is 19.4 Å². The fourth-order valence-electron chi connectivity index (χ4n) is 1.41. The average Bonchev–Trinajstić information content (AvgIpc) is 2.80. The first-order valence-electron chi connectivity index (χ1n) is 4.99. The quantitative estimate of drug-likeness (QED) is 0.618. The lowest BCUT2D eigenvalue weighted by Crippen LogP contribution is -2.04. The van der Waals surface area contributed by atoms with Crippen molar-refractivity contribution in [2.24, 2.45) is 0 Å². The molecule has 0 saturated carbocycles. The number of rotatable bonds is 4. The van der Waals surface area contributed by atoms with E-state index < -0.39 is 4.92 Å². The number of anilines is 1. The Hall–Kier alpha value is -2.44. The number of aromatic nitrogens is 3. The summed E-state index contributed by atoms with van der Waals surface area (Å²) in [5.41, 5.74) is 1.65. The lowest BCUT2D eigenvalue weighted by Gasteiger charge is -2.06. The van der Waals surface area contributed by atoms with Crippen LogP contribution in [0.3, 0.4) is 0 Å². The van der Waals surface area contributed by atoms with Gasteiger partial charge in [0.15, 0.2) is 0 Å². The number of imidazole rings is 1. The van der Waals surface area contributed by atoms with E-state index in [4.69, 9.17) is 0 Å². The highest BCUT2D eigenvalue weighted by Gasteiger charge is 2.09. The Bertz CT molecular complexity index is 523. The van der Waals surface area contributed by atoms with Gasteiger partial charge in [-0.3, -0.25) is 10.1 Å². The fourth-order valence-corrected chi connectivity index (χ4v) is 1.41. The number of pyridine rings is 1. The van der Waals surface area contributed by atoms with Crippen molar-refractivity contribution in [3.8, 4) is 0 Å². The van der Waals surface area contributed by atoms with Crippen LogP contribution in [0.2, 0.25) is 0 Å². The molecule has 0 aromatic carbocycles. The molecule has 0 amide bonds. The van der Waals surface area contributed by atoms with Gasteiger partial charge in [0.25, 0.3) is 5.69 Å². The Labute approximate surface area is 97.1 Å². The van der Waals surface area contributed by atoms with Crippen molar-refractivity contribution in [2.75, 3.05) is 5.32 Å². The van der Waals surface area contributed by atoms with Gasteiger partial charge in [0.05, 0.1) is 23.5 Å². The van der Waals surface area contributed by atoms with Crippen molar-refractivity contribution in [2.45, 2.75) is 13.5 Å². The van der Waals surface area contributed by atoms with Crippen LogP contribution >= 0.6 is 0 Å². The largest absolute Gasteiger partial charge is 0.364 e. The van der Waals surface area contributed by atoms with Crippen molar-refractivity contribution < 1.29 is 4.92 Å². The first-order valence-corrected chi connectivity index (χ1v) is 4.99. The highest BCUT2D eigenvalue weighted by Crippen LogP contribution is 2.18. The molecule has 0 spiro atoms. The summed E-state index contributed by atoms with van der Waals surface area (Å²) in [5, 5.41) is 13.6. The van der Waals surface area contributed by atoms with Gasteiger partial charge in [-0.05, 0) is 12.5 Å². The molecule has 7 nitrogen and oxygen atoms in total. The predicted molar refractivity (Wildman–Crippen MR) is 61.5 cm³/mol. The third-order valence-electron chi connectivity index (χ3n) is 2.28. The maximum Gasteiger partial charge on any atom is 0.287 e. The van der Waals surface area contributed by atoms with Crippen LogP contribution in [0.25, 0.3) is 0 Å². The van der Waals surface area contributed by atoms with Crippen LogP contribution in [0.1, 0.15) is 11.3 Å². The van der Waals surface area contributed by atoms with Crippen molar-refractivity contribution >= 4 is 11.5 Å². The molecule has 2 rings (SSSR count). The van der Waals surface area contributed by atoms with Crippen LogP contribution in [0.15, 0.2) is 24.8 Å². The van der Waals surface area contributed by atoms with E-state index in [-0.39, 0.29) is 5.69 Å². The lowest BCUT2D eigenvalue weighted by molar-refractivity contribution is -0.385. The molecule has 0 aliphatic heterocycles. The molecular formula is C10H11N5O2. The zero-order chi connectivity index (χ0) is 12.3. The first kappa shape index (κ1) is 11.1. The zero-order valence-corrected chi connectivity index (χ0v) is 9.17. The summed E-state index contributed by atoms with van der Waals surface area (Å²) in [6, 6.07) is 1.49. The maximum atomic E-state index is 10.5. The molecule has 0 aliphatic carbocycles. The molecule has 88 valence electrons. The number of nitro groups is 1. The van der Waals surface area contributed by atoms with E-state index in [0.29, 0.717) is 12.4 Å². The average molecular weight is 233 g/mol. The number of H-pyrrole nitrogens is 1. The van der Waals surface area contributed by atoms with Gasteiger partial charge in [-0.1, -0.05) is 0 Å². The molecule has 0 bridgehead atoms. The molecule has 0 radical (unpaired) electrons. The van der Waals surface area contributed by atoms with E-state index >= 15 is 0 Å². The molecule has 2 aromatic heterocycles. The smallest absolute Gasteiger partial charge is 0.287 e. The van der Waals surface area contributed by atoms with Crippen molar-refractivity contribution in [1.29, 1.82) is 0 Å².